The van der Waals surface area contributed by atoms with Gasteiger partial charge in [0.25, 0.3) is 5.91 Å². The van der Waals surface area contributed by atoms with Crippen LogP contribution in [-0.4, -0.2) is 54.1 Å². The molecule has 1 aliphatic heterocycles. The third-order valence-electron chi connectivity index (χ3n) is 5.99. The molecule has 0 aliphatic carbocycles. The van der Waals surface area contributed by atoms with Gasteiger partial charge in [-0.15, -0.1) is 0 Å². The Hall–Kier alpha value is -2.70. The Morgan fingerprint density at radius 1 is 1.06 bits per heavy atom. The van der Waals surface area contributed by atoms with Gasteiger partial charge in [0.1, 0.15) is 11.3 Å². The van der Waals surface area contributed by atoms with E-state index in [4.69, 9.17) is 9.72 Å². The molecule has 1 aromatic heterocycles. The summed E-state index contributed by atoms with van der Waals surface area (Å²) in [5, 5.41) is 2.88. The van der Waals surface area contributed by atoms with E-state index in [1.807, 2.05) is 18.2 Å². The van der Waals surface area contributed by atoms with Gasteiger partial charge >= 0.3 is 0 Å². The maximum absolute atomic E-state index is 12.5. The van der Waals surface area contributed by atoms with Gasteiger partial charge < -0.3 is 15.0 Å². The number of likely N-dealkylation sites (tertiary alicyclic amines) is 1. The van der Waals surface area contributed by atoms with Gasteiger partial charge in [0.05, 0.1) is 17.7 Å². The van der Waals surface area contributed by atoms with Crippen molar-refractivity contribution in [3.8, 4) is 0 Å². The smallest absolute Gasteiger partial charge is 0.253 e. The fraction of sp³-hybridized carbons (Fsp3) is 0.440. The number of aromatic nitrogens is 2. The largest absolute Gasteiger partial charge is 0.383 e. The Bertz CT molecular complexity index is 1010. The van der Waals surface area contributed by atoms with Gasteiger partial charge in [-0.05, 0) is 55.6 Å². The number of nitrogens with one attached hydrogen (secondary N) is 2. The Labute approximate surface area is 184 Å². The summed E-state index contributed by atoms with van der Waals surface area (Å²) in [5.74, 6) is 0.799. The SMILES string of the molecule is COCCNC(=O)c1cccc2[nH]c(CCc3ccccc3CN3CCCCC3)nc12. The third-order valence-corrected chi connectivity index (χ3v) is 5.99. The van der Waals surface area contributed by atoms with Crippen LogP contribution in [0.2, 0.25) is 0 Å². The molecule has 0 radical (unpaired) electrons. The first kappa shape index (κ1) is 21.5. The topological polar surface area (TPSA) is 70.2 Å². The predicted molar refractivity (Wildman–Crippen MR) is 123 cm³/mol. The molecular formula is C25H32N4O2. The average molecular weight is 421 g/mol. The van der Waals surface area contributed by atoms with Crippen LogP contribution >= 0.6 is 0 Å². The van der Waals surface area contributed by atoms with Gasteiger partial charge in [0.15, 0.2) is 0 Å². The zero-order valence-corrected chi connectivity index (χ0v) is 18.3. The lowest BCUT2D eigenvalue weighted by Gasteiger charge is -2.27. The Kier molecular flexibility index (Phi) is 7.33. The maximum atomic E-state index is 12.5. The highest BCUT2D eigenvalue weighted by atomic mass is 16.5. The summed E-state index contributed by atoms with van der Waals surface area (Å²) in [4.78, 5) is 23.3. The zero-order valence-electron chi connectivity index (χ0n) is 18.3. The van der Waals surface area contributed by atoms with E-state index in [0.29, 0.717) is 18.7 Å². The molecule has 6 heteroatoms. The molecule has 0 spiro atoms. The number of methoxy groups -OCH3 is 1. The number of amides is 1. The highest BCUT2D eigenvalue weighted by Gasteiger charge is 2.15. The molecule has 0 bridgehead atoms. The van der Waals surface area contributed by atoms with Gasteiger partial charge in [-0.3, -0.25) is 9.69 Å². The number of ether oxygens (including phenoxy) is 1. The van der Waals surface area contributed by atoms with Crippen molar-refractivity contribution in [1.29, 1.82) is 0 Å². The minimum absolute atomic E-state index is 0.118. The molecule has 164 valence electrons. The molecule has 1 amide bonds. The third kappa shape index (κ3) is 5.51. The number of carbonyl (C=O) groups is 1. The standard InChI is InChI=1S/C25H32N4O2/c1-31-17-14-26-25(30)21-10-7-11-22-24(21)28-23(27-22)13-12-19-8-3-4-9-20(19)18-29-15-5-2-6-16-29/h3-4,7-11H,2,5-6,12-18H2,1H3,(H,26,30)(H,27,28). The Morgan fingerprint density at radius 3 is 2.68 bits per heavy atom. The highest BCUT2D eigenvalue weighted by Crippen LogP contribution is 2.20. The molecule has 2 N–H and O–H groups in total. The number of aromatic amines is 1. The van der Waals surface area contributed by atoms with Gasteiger partial charge in [-0.25, -0.2) is 4.98 Å². The van der Waals surface area contributed by atoms with Crippen molar-refractivity contribution in [1.82, 2.24) is 20.2 Å². The van der Waals surface area contributed by atoms with Crippen LogP contribution in [0.15, 0.2) is 42.5 Å². The molecule has 6 nitrogen and oxygen atoms in total. The quantitative estimate of drug-likeness (QED) is 0.518. The summed E-state index contributed by atoms with van der Waals surface area (Å²) >= 11 is 0. The first-order chi connectivity index (χ1) is 15.2. The number of hydrogen-bond donors (Lipinski definition) is 2. The van der Waals surface area contributed by atoms with E-state index in [-0.39, 0.29) is 5.91 Å². The average Bonchev–Trinajstić information content (AvgIpc) is 3.22. The highest BCUT2D eigenvalue weighted by molar-refractivity contribution is 6.04. The molecule has 1 saturated heterocycles. The van der Waals surface area contributed by atoms with Gasteiger partial charge in [-0.2, -0.15) is 0 Å². The summed E-state index contributed by atoms with van der Waals surface area (Å²) in [6, 6.07) is 14.4. The lowest BCUT2D eigenvalue weighted by Crippen LogP contribution is -2.29. The summed E-state index contributed by atoms with van der Waals surface area (Å²) < 4.78 is 5.01. The molecule has 2 aromatic carbocycles. The van der Waals surface area contributed by atoms with E-state index in [2.05, 4.69) is 39.5 Å². The Morgan fingerprint density at radius 2 is 1.87 bits per heavy atom. The number of nitrogens with zero attached hydrogens (tertiary/aromatic N) is 2. The predicted octanol–water partition coefficient (Wildman–Crippen LogP) is 3.71. The number of piperidine rings is 1. The second-order valence-electron chi connectivity index (χ2n) is 8.24. The van der Waals surface area contributed by atoms with Crippen LogP contribution in [-0.2, 0) is 24.1 Å². The fourth-order valence-corrected chi connectivity index (χ4v) is 4.31. The number of H-pyrrole nitrogens is 1. The molecule has 0 atom stereocenters. The number of carbonyl (C=O) groups excluding carboxylic acids is 1. The number of imidazole rings is 1. The Balaban J connectivity index is 1.45. The van der Waals surface area contributed by atoms with E-state index in [9.17, 15) is 4.79 Å². The van der Waals surface area contributed by atoms with Crippen LogP contribution in [0.5, 0.6) is 0 Å². The van der Waals surface area contributed by atoms with Crippen molar-refractivity contribution in [2.24, 2.45) is 0 Å². The van der Waals surface area contributed by atoms with E-state index in [1.54, 1.807) is 7.11 Å². The maximum Gasteiger partial charge on any atom is 0.253 e. The lowest BCUT2D eigenvalue weighted by atomic mass is 10.0. The number of para-hydroxylation sites is 1. The number of fused-ring (bicyclic) bond motifs is 1. The summed E-state index contributed by atoms with van der Waals surface area (Å²) in [5.41, 5.74) is 5.02. The molecule has 31 heavy (non-hydrogen) atoms. The molecule has 1 fully saturated rings. The van der Waals surface area contributed by atoms with E-state index in [1.165, 1.54) is 43.5 Å². The van der Waals surface area contributed by atoms with Gasteiger partial charge in [-0.1, -0.05) is 36.8 Å². The first-order valence-corrected chi connectivity index (χ1v) is 11.3. The van der Waals surface area contributed by atoms with E-state index < -0.39 is 0 Å². The van der Waals surface area contributed by atoms with Crippen molar-refractivity contribution < 1.29 is 9.53 Å². The van der Waals surface area contributed by atoms with Crippen LogP contribution in [0.3, 0.4) is 0 Å². The van der Waals surface area contributed by atoms with Crippen LogP contribution in [0.4, 0.5) is 0 Å². The zero-order chi connectivity index (χ0) is 21.5. The molecule has 3 aromatic rings. The number of aryl methyl sites for hydroxylation is 2. The summed E-state index contributed by atoms with van der Waals surface area (Å²) in [7, 11) is 1.62. The van der Waals surface area contributed by atoms with Crippen molar-refractivity contribution in [3.05, 3.63) is 65.0 Å². The number of benzene rings is 2. The molecule has 0 unspecified atom stereocenters. The summed E-state index contributed by atoms with van der Waals surface area (Å²) in [6.07, 6.45) is 5.72. The fourth-order valence-electron chi connectivity index (χ4n) is 4.31. The lowest BCUT2D eigenvalue weighted by molar-refractivity contribution is 0.0938. The number of rotatable bonds is 9. The van der Waals surface area contributed by atoms with Crippen molar-refractivity contribution in [2.45, 2.75) is 38.6 Å². The van der Waals surface area contributed by atoms with Crippen LogP contribution in [0, 0.1) is 0 Å². The van der Waals surface area contributed by atoms with Gasteiger partial charge in [0, 0.05) is 26.6 Å². The van der Waals surface area contributed by atoms with Crippen LogP contribution in [0.25, 0.3) is 11.0 Å². The molecule has 2 heterocycles. The molecule has 4 rings (SSSR count). The van der Waals surface area contributed by atoms with E-state index >= 15 is 0 Å². The molecular weight excluding hydrogens is 388 g/mol. The minimum Gasteiger partial charge on any atom is -0.383 e. The van der Waals surface area contributed by atoms with Crippen LogP contribution in [0.1, 0.15) is 46.6 Å². The normalized spacial score (nSPS) is 14.7. The second-order valence-corrected chi connectivity index (χ2v) is 8.24. The second kappa shape index (κ2) is 10.6. The van der Waals surface area contributed by atoms with E-state index in [0.717, 1.165) is 36.2 Å². The van der Waals surface area contributed by atoms with Crippen LogP contribution < -0.4 is 5.32 Å². The van der Waals surface area contributed by atoms with Gasteiger partial charge in [0.2, 0.25) is 0 Å². The summed E-state index contributed by atoms with van der Waals surface area (Å²) in [6.45, 7) is 4.41. The minimum atomic E-state index is -0.118. The van der Waals surface area contributed by atoms with Crippen molar-refractivity contribution in [3.63, 3.8) is 0 Å². The first-order valence-electron chi connectivity index (χ1n) is 11.3. The number of hydrogen-bond acceptors (Lipinski definition) is 4. The molecule has 1 aliphatic rings. The molecule has 0 saturated carbocycles. The monoisotopic (exact) mass is 420 g/mol. The van der Waals surface area contributed by atoms with Crippen molar-refractivity contribution >= 4 is 16.9 Å². The van der Waals surface area contributed by atoms with Crippen molar-refractivity contribution in [2.75, 3.05) is 33.4 Å².